The number of nitrogens with one attached hydrogen (secondary N) is 2. The van der Waals surface area contributed by atoms with E-state index >= 15 is 0 Å². The fourth-order valence-corrected chi connectivity index (χ4v) is 12.6. The van der Waals surface area contributed by atoms with Crippen LogP contribution in [0, 0.1) is 0 Å². The van der Waals surface area contributed by atoms with Gasteiger partial charge in [0.1, 0.15) is 47.8 Å². The lowest BCUT2D eigenvalue weighted by Crippen LogP contribution is -2.71. The van der Waals surface area contributed by atoms with Crippen LogP contribution in [-0.2, 0) is 102 Å². The van der Waals surface area contributed by atoms with Crippen LogP contribution in [0.2, 0.25) is 0 Å². The fourth-order valence-electron chi connectivity index (χ4n) is 12.6. The average Bonchev–Trinajstić information content (AvgIpc) is 0.784. The molecule has 0 spiro atoms. The number of hydrogen-bond acceptors (Lipinski definition) is 13. The molecule has 0 bridgehead atoms. The van der Waals surface area contributed by atoms with Gasteiger partial charge in [-0.15, -0.1) is 0 Å². The van der Waals surface area contributed by atoms with Crippen LogP contribution in [-0.4, -0.2) is 103 Å². The van der Waals surface area contributed by atoms with Crippen LogP contribution in [0.5, 0.6) is 0 Å². The van der Waals surface area contributed by atoms with E-state index in [1.807, 2.05) is 237 Å². The van der Waals surface area contributed by atoms with Gasteiger partial charge in [0.2, 0.25) is 0 Å². The van der Waals surface area contributed by atoms with Crippen LogP contribution in [0.15, 0.2) is 273 Å². The molecule has 0 aromatic heterocycles. The molecular formula is C80H88N2O11. The summed E-state index contributed by atoms with van der Waals surface area (Å²) in [5, 5.41) is 35.4. The zero-order valence-electron chi connectivity index (χ0n) is 52.9. The normalized spacial score (nSPS) is 23.3. The van der Waals surface area contributed by atoms with Crippen molar-refractivity contribution in [2.45, 2.75) is 138 Å². The molecule has 2 aliphatic carbocycles. The third kappa shape index (κ3) is 20.0. The summed E-state index contributed by atoms with van der Waals surface area (Å²) in [4.78, 5) is 0. The standard InChI is InChI=1S/C80H88N2O11/c83-79(59-86-50-62-30-12-2-13-31-62)46-71(73(88-52-64-34-16-4-17-35-64)75(90-54-66-38-20-6-21-39-66)77(79)92-56-68-42-24-8-25-43-68)81-48-70(58-85-49-61-28-10-1-11-29-61)82-72-47-80(84,60-87-51-63-32-14-3-15-33-63)78(93-57-69-44-26-9-27-45-69)76(91-55-67-40-22-7-23-41-67)74(72)89-53-65-36-18-5-19-37-65/h1-45,70-78,81-84H,46-60H2/t70-,71+,72-,73+,74-,75-,76+,77+,78-,79+,80-/m1/s1. The third-order valence-corrected chi connectivity index (χ3v) is 17.4. The summed E-state index contributed by atoms with van der Waals surface area (Å²) in [6.45, 7) is 2.61. The van der Waals surface area contributed by atoms with Crippen molar-refractivity contribution in [1.82, 2.24) is 10.6 Å². The van der Waals surface area contributed by atoms with Crippen molar-refractivity contribution in [3.05, 3.63) is 323 Å². The maximum Gasteiger partial charge on any atom is 0.118 e. The molecule has 9 aromatic rings. The molecule has 0 heterocycles. The highest BCUT2D eigenvalue weighted by Crippen LogP contribution is 2.40. The van der Waals surface area contributed by atoms with Gasteiger partial charge in [-0.3, -0.25) is 0 Å². The maximum atomic E-state index is 13.7. The van der Waals surface area contributed by atoms with E-state index in [0.29, 0.717) is 13.2 Å². The molecule has 0 saturated heterocycles. The van der Waals surface area contributed by atoms with E-state index in [4.69, 9.17) is 42.6 Å². The van der Waals surface area contributed by atoms with Crippen LogP contribution in [0.3, 0.4) is 0 Å². The Morgan fingerprint density at radius 1 is 0.301 bits per heavy atom. The minimum atomic E-state index is -1.63. The fraction of sp³-hybridized carbons (Fsp3) is 0.325. The zero-order chi connectivity index (χ0) is 63.6. The van der Waals surface area contributed by atoms with Crippen molar-refractivity contribution < 1.29 is 52.8 Å². The van der Waals surface area contributed by atoms with Crippen molar-refractivity contribution in [2.24, 2.45) is 0 Å². The molecule has 13 heteroatoms. The number of rotatable bonds is 35. The molecule has 0 radical (unpaired) electrons. The van der Waals surface area contributed by atoms with Gasteiger partial charge in [0.05, 0.1) is 79.3 Å². The minimum absolute atomic E-state index is 0.0662. The van der Waals surface area contributed by atoms with Crippen LogP contribution in [0.1, 0.15) is 62.9 Å². The molecule has 484 valence electrons. The molecule has 2 saturated carbocycles. The van der Waals surface area contributed by atoms with E-state index in [9.17, 15) is 10.2 Å². The summed E-state index contributed by atoms with van der Waals surface area (Å²) in [6, 6.07) is 88.7. The smallest absolute Gasteiger partial charge is 0.118 e. The Morgan fingerprint density at radius 3 is 0.860 bits per heavy atom. The Labute approximate surface area is 548 Å². The van der Waals surface area contributed by atoms with Gasteiger partial charge < -0.3 is 63.5 Å². The van der Waals surface area contributed by atoms with Crippen molar-refractivity contribution >= 4 is 0 Å². The molecular weight excluding hydrogens is 1160 g/mol. The van der Waals surface area contributed by atoms with Crippen molar-refractivity contribution in [3.63, 3.8) is 0 Å². The number of hydrogen-bond donors (Lipinski definition) is 4. The van der Waals surface area contributed by atoms with Crippen LogP contribution < -0.4 is 10.6 Å². The first-order valence-corrected chi connectivity index (χ1v) is 32.5. The van der Waals surface area contributed by atoms with E-state index in [1.54, 1.807) is 0 Å². The quantitative estimate of drug-likeness (QED) is 0.0299. The summed E-state index contributed by atoms with van der Waals surface area (Å²) in [7, 11) is 0. The lowest BCUT2D eigenvalue weighted by atomic mass is 9.75. The summed E-state index contributed by atoms with van der Waals surface area (Å²) in [5.74, 6) is 0. The van der Waals surface area contributed by atoms with Crippen molar-refractivity contribution in [1.29, 1.82) is 0 Å². The molecule has 13 nitrogen and oxygen atoms in total. The highest BCUT2D eigenvalue weighted by molar-refractivity contribution is 5.22. The lowest BCUT2D eigenvalue weighted by Gasteiger charge is -2.52. The Kier molecular flexibility index (Phi) is 25.3. The van der Waals surface area contributed by atoms with Gasteiger partial charge in [-0.1, -0.05) is 273 Å². The summed E-state index contributed by atoms with van der Waals surface area (Å²) in [6.07, 6.45) is -4.62. The molecule has 0 amide bonds. The van der Waals surface area contributed by atoms with Gasteiger partial charge in [-0.05, 0) is 62.9 Å². The van der Waals surface area contributed by atoms with Gasteiger partial charge in [-0.25, -0.2) is 0 Å². The predicted octanol–water partition coefficient (Wildman–Crippen LogP) is 12.7. The predicted molar refractivity (Wildman–Crippen MR) is 360 cm³/mol. The Morgan fingerprint density at radius 2 is 0.548 bits per heavy atom. The molecule has 11 atom stereocenters. The Hall–Kier alpha value is -7.54. The lowest BCUT2D eigenvalue weighted by molar-refractivity contribution is -0.257. The monoisotopic (exact) mass is 1250 g/mol. The van der Waals surface area contributed by atoms with Gasteiger partial charge >= 0.3 is 0 Å². The first-order chi connectivity index (χ1) is 45.8. The van der Waals surface area contributed by atoms with Crippen molar-refractivity contribution in [3.8, 4) is 0 Å². The second-order valence-electron chi connectivity index (χ2n) is 24.5. The number of aliphatic hydroxyl groups is 2. The summed E-state index contributed by atoms with van der Waals surface area (Å²) in [5.41, 5.74) is 5.49. The molecule has 2 fully saturated rings. The highest BCUT2D eigenvalue weighted by atomic mass is 16.6. The minimum Gasteiger partial charge on any atom is -0.385 e. The highest BCUT2D eigenvalue weighted by Gasteiger charge is 2.57. The first kappa shape index (κ1) is 66.9. The number of ether oxygens (including phenoxy) is 9. The molecule has 0 aliphatic heterocycles. The van der Waals surface area contributed by atoms with E-state index in [1.165, 1.54) is 0 Å². The summed E-state index contributed by atoms with van der Waals surface area (Å²) < 4.78 is 62.8. The zero-order valence-corrected chi connectivity index (χ0v) is 52.9. The molecule has 11 rings (SSSR count). The molecule has 9 aromatic carbocycles. The van der Waals surface area contributed by atoms with Gasteiger partial charge in [-0.2, -0.15) is 0 Å². The van der Waals surface area contributed by atoms with Gasteiger partial charge in [0, 0.05) is 24.7 Å². The first-order valence-electron chi connectivity index (χ1n) is 32.5. The van der Waals surface area contributed by atoms with Crippen LogP contribution >= 0.6 is 0 Å². The SMILES string of the molecule is O[C@@]1(COCc2ccccc2)C[C@@H](N[C@H](CN[C@H]2C[C@](O)(COCc3ccccc3)[C@@H](OCc3ccccc3)[C@H](OCc3ccccc3)[C@H]2OCc2ccccc2)COCc2ccccc2)[C@@H](OCc2ccccc2)[C@H](OCc2ccccc2)[C@H]1OCc1ccccc1. The molecule has 0 unspecified atom stereocenters. The second kappa shape index (κ2) is 35.1. The topological polar surface area (TPSA) is 148 Å². The molecule has 2 aliphatic rings. The second-order valence-corrected chi connectivity index (χ2v) is 24.5. The van der Waals surface area contributed by atoms with E-state index in [0.717, 1.165) is 50.1 Å². The van der Waals surface area contributed by atoms with Gasteiger partial charge in [0.25, 0.3) is 0 Å². The van der Waals surface area contributed by atoms with Crippen LogP contribution in [0.25, 0.3) is 0 Å². The van der Waals surface area contributed by atoms with Crippen molar-refractivity contribution in [2.75, 3.05) is 26.4 Å². The largest absolute Gasteiger partial charge is 0.385 e. The van der Waals surface area contributed by atoms with E-state index in [-0.39, 0.29) is 85.5 Å². The van der Waals surface area contributed by atoms with E-state index in [2.05, 4.69) is 47.0 Å². The van der Waals surface area contributed by atoms with E-state index < -0.39 is 66.0 Å². The van der Waals surface area contributed by atoms with Crippen LogP contribution in [0.4, 0.5) is 0 Å². The third-order valence-electron chi connectivity index (χ3n) is 17.4. The number of benzene rings is 9. The average molecular weight is 1250 g/mol. The van der Waals surface area contributed by atoms with Gasteiger partial charge in [0.15, 0.2) is 0 Å². The Bertz CT molecular complexity index is 3480. The molecule has 93 heavy (non-hydrogen) atoms. The summed E-state index contributed by atoms with van der Waals surface area (Å²) >= 11 is 0. The Balaban J connectivity index is 0.968. The molecule has 4 N–H and O–H groups in total. The maximum absolute atomic E-state index is 13.7.